The van der Waals surface area contributed by atoms with Crippen LogP contribution in [0.1, 0.15) is 40.5 Å². The highest BCUT2D eigenvalue weighted by molar-refractivity contribution is 6.46. The van der Waals surface area contributed by atoms with Gasteiger partial charge in [0.2, 0.25) is 0 Å². The quantitative estimate of drug-likeness (QED) is 0.355. The van der Waals surface area contributed by atoms with Gasteiger partial charge in [0.1, 0.15) is 11.3 Å². The lowest BCUT2D eigenvalue weighted by Crippen LogP contribution is -2.32. The topological polar surface area (TPSA) is 78.1 Å². The molecule has 1 aromatic carbocycles. The first-order valence-electron chi connectivity index (χ1n) is 11.1. The number of fused-ring (bicyclic) bond motifs is 1. The van der Waals surface area contributed by atoms with Crippen LogP contribution in [0.5, 0.6) is 0 Å². The molecule has 3 aromatic rings. The minimum Gasteiger partial charge on any atom is -0.505 e. The number of pyridine rings is 1. The minimum atomic E-state index is -0.662. The van der Waals surface area contributed by atoms with Crippen LogP contribution in [0.4, 0.5) is 0 Å². The number of aliphatic hydroxyl groups excluding tert-OH is 1. The van der Waals surface area contributed by atoms with Gasteiger partial charge in [-0.05, 0) is 65.0 Å². The number of imidazole rings is 1. The van der Waals surface area contributed by atoms with Crippen LogP contribution in [-0.2, 0) is 9.59 Å². The van der Waals surface area contributed by atoms with Crippen LogP contribution in [-0.4, -0.2) is 63.2 Å². The molecule has 0 bridgehead atoms. The number of likely N-dealkylation sites (tertiary alicyclic amines) is 1. The Morgan fingerprint density at radius 3 is 2.45 bits per heavy atom. The molecule has 0 saturated carbocycles. The first kappa shape index (κ1) is 22.7. The second-order valence-corrected chi connectivity index (χ2v) is 8.99. The molecule has 0 radical (unpaired) electrons. The van der Waals surface area contributed by atoms with E-state index in [0.717, 1.165) is 29.7 Å². The zero-order chi connectivity index (χ0) is 23.9. The molecule has 33 heavy (non-hydrogen) atoms. The van der Waals surface area contributed by atoms with E-state index in [9.17, 15) is 14.7 Å². The first-order valence-corrected chi connectivity index (χ1v) is 11.1. The monoisotopic (exact) mass is 446 g/mol. The SMILES string of the molecule is Cc1ccc([C@H]2/C(=C(\O)c3c(C)nc4c(C)cccn34)C(=O)C(=O)N2CCCN(C)C)cc1. The van der Waals surface area contributed by atoms with Crippen LogP contribution in [0, 0.1) is 20.8 Å². The van der Waals surface area contributed by atoms with Crippen LogP contribution >= 0.6 is 0 Å². The summed E-state index contributed by atoms with van der Waals surface area (Å²) < 4.78 is 1.78. The normalized spacial score (nSPS) is 18.1. The van der Waals surface area contributed by atoms with E-state index in [2.05, 4.69) is 4.98 Å². The van der Waals surface area contributed by atoms with Gasteiger partial charge in [-0.3, -0.25) is 14.0 Å². The van der Waals surface area contributed by atoms with Gasteiger partial charge in [-0.1, -0.05) is 35.9 Å². The molecule has 0 aliphatic carbocycles. The summed E-state index contributed by atoms with van der Waals surface area (Å²) >= 11 is 0. The zero-order valence-corrected chi connectivity index (χ0v) is 19.8. The van der Waals surface area contributed by atoms with Crippen molar-refractivity contribution in [1.29, 1.82) is 0 Å². The third-order valence-corrected chi connectivity index (χ3v) is 6.18. The summed E-state index contributed by atoms with van der Waals surface area (Å²) in [6.45, 7) is 6.94. The average Bonchev–Trinajstić information content (AvgIpc) is 3.23. The number of rotatable bonds is 6. The molecular formula is C26H30N4O3. The summed E-state index contributed by atoms with van der Waals surface area (Å²) in [4.78, 5) is 34.6. The Balaban J connectivity index is 1.89. The van der Waals surface area contributed by atoms with E-state index < -0.39 is 17.7 Å². The fraction of sp³-hybridized carbons (Fsp3) is 0.346. The third-order valence-electron chi connectivity index (χ3n) is 6.18. The zero-order valence-electron chi connectivity index (χ0n) is 19.8. The van der Waals surface area contributed by atoms with Crippen molar-refractivity contribution < 1.29 is 14.7 Å². The maximum Gasteiger partial charge on any atom is 0.295 e. The van der Waals surface area contributed by atoms with Crippen LogP contribution in [0.2, 0.25) is 0 Å². The Morgan fingerprint density at radius 2 is 1.79 bits per heavy atom. The van der Waals surface area contributed by atoms with E-state index >= 15 is 0 Å². The molecule has 0 spiro atoms. The highest BCUT2D eigenvalue weighted by Gasteiger charge is 2.46. The molecule has 4 rings (SSSR count). The third kappa shape index (κ3) is 4.04. The van der Waals surface area contributed by atoms with Crippen molar-refractivity contribution in [2.24, 2.45) is 0 Å². The Kier molecular flexibility index (Phi) is 6.08. The summed E-state index contributed by atoms with van der Waals surface area (Å²) in [5.41, 5.74) is 4.70. The second-order valence-electron chi connectivity index (χ2n) is 8.99. The number of Topliss-reactive ketones (excluding diaryl/α,β-unsaturated/α-hetero) is 1. The number of carbonyl (C=O) groups excluding carboxylic acids is 2. The number of amides is 1. The van der Waals surface area contributed by atoms with Gasteiger partial charge in [-0.25, -0.2) is 4.98 Å². The second kappa shape index (κ2) is 8.83. The minimum absolute atomic E-state index is 0.111. The molecule has 2 aromatic heterocycles. The molecule has 1 fully saturated rings. The van der Waals surface area contributed by atoms with Crippen LogP contribution < -0.4 is 0 Å². The van der Waals surface area contributed by atoms with Crippen molar-refractivity contribution in [2.45, 2.75) is 33.2 Å². The van der Waals surface area contributed by atoms with Crippen molar-refractivity contribution in [2.75, 3.05) is 27.2 Å². The number of aliphatic hydroxyl groups is 1. The molecule has 0 unspecified atom stereocenters. The molecule has 1 saturated heterocycles. The first-order chi connectivity index (χ1) is 15.7. The lowest BCUT2D eigenvalue weighted by atomic mass is 9.95. The number of nitrogens with zero attached hydrogens (tertiary/aromatic N) is 4. The Hall–Kier alpha value is -3.45. The van der Waals surface area contributed by atoms with Gasteiger partial charge < -0.3 is 14.9 Å². The van der Waals surface area contributed by atoms with Gasteiger partial charge in [0, 0.05) is 12.7 Å². The summed E-state index contributed by atoms with van der Waals surface area (Å²) in [6.07, 6.45) is 2.53. The molecule has 1 atom stereocenters. The molecule has 1 amide bonds. The fourth-order valence-electron chi connectivity index (χ4n) is 4.49. The standard InChI is InChI=1S/C26H30N4O3/c1-16-9-11-19(12-10-16)22-20(24(32)26(33)30(22)15-7-13-28(4)5)23(31)21-18(3)27-25-17(2)8-6-14-29(21)25/h6,8-12,14,22,31H,7,13,15H2,1-5H3/b23-20+/t22-/m0/s1. The fourth-order valence-corrected chi connectivity index (χ4v) is 4.49. The lowest BCUT2D eigenvalue weighted by molar-refractivity contribution is -0.139. The van der Waals surface area contributed by atoms with Gasteiger partial charge in [-0.2, -0.15) is 0 Å². The van der Waals surface area contributed by atoms with Gasteiger partial charge in [0.15, 0.2) is 5.76 Å². The van der Waals surface area contributed by atoms with E-state index in [1.807, 2.05) is 75.4 Å². The number of aromatic nitrogens is 2. The van der Waals surface area contributed by atoms with Gasteiger partial charge in [0.25, 0.3) is 11.7 Å². The number of benzene rings is 1. The van der Waals surface area contributed by atoms with E-state index in [1.54, 1.807) is 16.2 Å². The largest absolute Gasteiger partial charge is 0.505 e. The van der Waals surface area contributed by atoms with Crippen molar-refractivity contribution >= 4 is 23.1 Å². The summed E-state index contributed by atoms with van der Waals surface area (Å²) in [6, 6.07) is 10.9. The number of carbonyl (C=O) groups is 2. The van der Waals surface area contributed by atoms with E-state index in [1.165, 1.54) is 0 Å². The van der Waals surface area contributed by atoms with Crippen molar-refractivity contribution in [3.63, 3.8) is 0 Å². The van der Waals surface area contributed by atoms with E-state index in [4.69, 9.17) is 0 Å². The van der Waals surface area contributed by atoms with Crippen molar-refractivity contribution in [3.05, 3.63) is 76.2 Å². The predicted molar refractivity (Wildman–Crippen MR) is 128 cm³/mol. The molecule has 7 nitrogen and oxygen atoms in total. The highest BCUT2D eigenvalue weighted by Crippen LogP contribution is 2.40. The Labute approximate surface area is 194 Å². The number of hydrogen-bond acceptors (Lipinski definition) is 5. The Morgan fingerprint density at radius 1 is 1.09 bits per heavy atom. The number of hydrogen-bond donors (Lipinski definition) is 1. The van der Waals surface area contributed by atoms with Crippen LogP contribution in [0.3, 0.4) is 0 Å². The van der Waals surface area contributed by atoms with Crippen molar-refractivity contribution in [3.8, 4) is 0 Å². The van der Waals surface area contributed by atoms with E-state index in [-0.39, 0.29) is 11.3 Å². The van der Waals surface area contributed by atoms with Gasteiger partial charge in [0.05, 0.1) is 17.3 Å². The summed E-state index contributed by atoms with van der Waals surface area (Å²) in [5, 5.41) is 11.5. The Bertz CT molecular complexity index is 1250. The number of ketones is 1. The molecule has 172 valence electrons. The molecule has 1 aliphatic rings. The van der Waals surface area contributed by atoms with Gasteiger partial charge in [-0.15, -0.1) is 0 Å². The molecular weight excluding hydrogens is 416 g/mol. The molecule has 1 aliphatic heterocycles. The van der Waals surface area contributed by atoms with Crippen LogP contribution in [0.15, 0.2) is 48.2 Å². The highest BCUT2D eigenvalue weighted by atomic mass is 16.3. The number of aryl methyl sites for hydroxylation is 3. The maximum absolute atomic E-state index is 13.3. The van der Waals surface area contributed by atoms with Gasteiger partial charge >= 0.3 is 0 Å². The molecule has 1 N–H and O–H groups in total. The smallest absolute Gasteiger partial charge is 0.295 e. The molecule has 3 heterocycles. The predicted octanol–water partition coefficient (Wildman–Crippen LogP) is 3.63. The van der Waals surface area contributed by atoms with Crippen molar-refractivity contribution in [1.82, 2.24) is 19.2 Å². The maximum atomic E-state index is 13.3. The summed E-state index contributed by atoms with van der Waals surface area (Å²) in [7, 11) is 3.95. The molecule has 7 heteroatoms. The van der Waals surface area contributed by atoms with E-state index in [0.29, 0.717) is 23.6 Å². The lowest BCUT2D eigenvalue weighted by Gasteiger charge is -2.26. The summed E-state index contributed by atoms with van der Waals surface area (Å²) in [5.74, 6) is -1.43. The average molecular weight is 447 g/mol. The van der Waals surface area contributed by atoms with Crippen LogP contribution in [0.25, 0.3) is 11.4 Å².